The highest BCUT2D eigenvalue weighted by Crippen LogP contribution is 2.28. The summed E-state index contributed by atoms with van der Waals surface area (Å²) in [5.41, 5.74) is 1.43. The Labute approximate surface area is 167 Å². The molecule has 8 heteroatoms. The van der Waals surface area contributed by atoms with Gasteiger partial charge in [-0.1, -0.05) is 49.1 Å². The summed E-state index contributed by atoms with van der Waals surface area (Å²) >= 11 is 0. The lowest BCUT2D eigenvalue weighted by molar-refractivity contribution is -0.138. The first-order valence-electron chi connectivity index (χ1n) is 8.89. The van der Waals surface area contributed by atoms with Crippen LogP contribution in [-0.4, -0.2) is 59.1 Å². The van der Waals surface area contributed by atoms with Crippen LogP contribution >= 0.6 is 0 Å². The number of nitrogens with zero attached hydrogens (tertiary/aromatic N) is 1. The lowest BCUT2D eigenvalue weighted by Crippen LogP contribution is -2.45. The van der Waals surface area contributed by atoms with E-state index >= 15 is 0 Å². The van der Waals surface area contributed by atoms with Gasteiger partial charge in [-0.3, -0.25) is 14.4 Å². The number of carbonyl (C=O) groups excluding carboxylic acids is 2. The summed E-state index contributed by atoms with van der Waals surface area (Å²) in [5.74, 6) is -2.94. The average molecular weight is 396 g/mol. The van der Waals surface area contributed by atoms with Crippen LogP contribution in [0.2, 0.25) is 0 Å². The molecule has 2 heterocycles. The number of carboxylic acid groups (broad SMARTS) is 1. The highest BCUT2D eigenvalue weighted by Gasteiger charge is 2.34. The van der Waals surface area contributed by atoms with E-state index in [9.17, 15) is 19.5 Å². The minimum Gasteiger partial charge on any atom is -0.507 e. The largest absolute Gasteiger partial charge is 0.507 e. The van der Waals surface area contributed by atoms with Gasteiger partial charge in [0.1, 0.15) is 30.2 Å². The number of aliphatic hydroxyl groups is 1. The van der Waals surface area contributed by atoms with Crippen molar-refractivity contribution in [2.24, 2.45) is 0 Å². The molecule has 0 fully saturated rings. The Balaban J connectivity index is 2.04. The molecule has 2 bridgehead atoms. The topological polar surface area (TPSA) is 116 Å². The molecular weight excluding hydrogens is 376 g/mol. The molecule has 3 rings (SSSR count). The second-order valence-electron chi connectivity index (χ2n) is 6.44. The second kappa shape index (κ2) is 8.47. The fraction of sp³-hybridized carbons (Fsp3) is 0.190. The summed E-state index contributed by atoms with van der Waals surface area (Å²) in [6, 6.07) is 9.41. The summed E-state index contributed by atoms with van der Waals surface area (Å²) < 4.78 is 5.68. The van der Waals surface area contributed by atoms with Crippen LogP contribution in [0.1, 0.15) is 5.56 Å². The SMILES string of the molecule is C=C1OCCN2C/C(=C\C=C1c1ccccc1)C(O)=C(C(=O)NCC(=O)O)C2=O. The highest BCUT2D eigenvalue weighted by atomic mass is 16.5. The van der Waals surface area contributed by atoms with Gasteiger partial charge in [0, 0.05) is 17.7 Å². The van der Waals surface area contributed by atoms with E-state index in [4.69, 9.17) is 9.84 Å². The van der Waals surface area contributed by atoms with Crippen molar-refractivity contribution in [2.75, 3.05) is 26.2 Å². The molecule has 150 valence electrons. The zero-order valence-corrected chi connectivity index (χ0v) is 15.6. The third kappa shape index (κ3) is 4.37. The van der Waals surface area contributed by atoms with Gasteiger partial charge in [-0.15, -0.1) is 0 Å². The number of carboxylic acids is 1. The van der Waals surface area contributed by atoms with E-state index in [1.165, 1.54) is 4.90 Å². The fourth-order valence-corrected chi connectivity index (χ4v) is 3.04. The van der Waals surface area contributed by atoms with Crippen LogP contribution < -0.4 is 5.32 Å². The second-order valence-corrected chi connectivity index (χ2v) is 6.44. The monoisotopic (exact) mass is 396 g/mol. The van der Waals surface area contributed by atoms with E-state index in [2.05, 4.69) is 11.9 Å². The maximum absolute atomic E-state index is 12.6. The van der Waals surface area contributed by atoms with Gasteiger partial charge in [0.05, 0.1) is 6.54 Å². The lowest BCUT2D eigenvalue weighted by atomic mass is 9.98. The third-order valence-corrected chi connectivity index (χ3v) is 4.50. The Kier molecular flexibility index (Phi) is 5.82. The predicted molar refractivity (Wildman–Crippen MR) is 104 cm³/mol. The number of hydrogen-bond donors (Lipinski definition) is 3. The zero-order chi connectivity index (χ0) is 21.0. The van der Waals surface area contributed by atoms with Gasteiger partial charge in [0.2, 0.25) is 0 Å². The Morgan fingerprint density at radius 3 is 2.62 bits per heavy atom. The fourth-order valence-electron chi connectivity index (χ4n) is 3.04. The predicted octanol–water partition coefficient (Wildman–Crippen LogP) is 1.40. The number of fused-ring (bicyclic) bond motifs is 2. The van der Waals surface area contributed by atoms with Crippen molar-refractivity contribution in [3.63, 3.8) is 0 Å². The Hall–Kier alpha value is -3.81. The maximum Gasteiger partial charge on any atom is 0.322 e. The molecule has 1 aromatic carbocycles. The number of amides is 2. The van der Waals surface area contributed by atoms with Gasteiger partial charge in [-0.05, 0) is 5.56 Å². The van der Waals surface area contributed by atoms with Crippen LogP contribution in [0.15, 0.2) is 71.7 Å². The van der Waals surface area contributed by atoms with Crippen molar-refractivity contribution in [1.29, 1.82) is 0 Å². The van der Waals surface area contributed by atoms with E-state index in [0.29, 0.717) is 16.9 Å². The number of carbonyl (C=O) groups is 3. The van der Waals surface area contributed by atoms with Crippen molar-refractivity contribution in [3.05, 3.63) is 77.3 Å². The first kappa shape index (κ1) is 19.9. The molecule has 2 aliphatic rings. The smallest absolute Gasteiger partial charge is 0.322 e. The first-order valence-corrected chi connectivity index (χ1v) is 8.89. The van der Waals surface area contributed by atoms with Gasteiger partial charge in [-0.2, -0.15) is 0 Å². The molecule has 0 aliphatic carbocycles. The van der Waals surface area contributed by atoms with Gasteiger partial charge >= 0.3 is 5.97 Å². The summed E-state index contributed by atoms with van der Waals surface area (Å²) in [6.45, 7) is 3.69. The van der Waals surface area contributed by atoms with Crippen molar-refractivity contribution in [2.45, 2.75) is 0 Å². The molecule has 0 radical (unpaired) electrons. The van der Waals surface area contributed by atoms with E-state index < -0.39 is 35.7 Å². The minimum atomic E-state index is -1.26. The molecule has 3 N–H and O–H groups in total. The van der Waals surface area contributed by atoms with Crippen LogP contribution in [0.25, 0.3) is 5.57 Å². The number of allylic oxidation sites excluding steroid dienone is 3. The van der Waals surface area contributed by atoms with Crippen LogP contribution in [0.5, 0.6) is 0 Å². The molecule has 8 nitrogen and oxygen atoms in total. The van der Waals surface area contributed by atoms with E-state index in [1.54, 1.807) is 12.2 Å². The van der Waals surface area contributed by atoms with Gasteiger partial charge in [-0.25, -0.2) is 0 Å². The van der Waals surface area contributed by atoms with Crippen LogP contribution in [0, 0.1) is 0 Å². The molecule has 2 aliphatic heterocycles. The van der Waals surface area contributed by atoms with Crippen LogP contribution in [-0.2, 0) is 19.1 Å². The first-order chi connectivity index (χ1) is 13.9. The normalized spacial score (nSPS) is 19.0. The number of aliphatic carboxylic acids is 1. The molecule has 0 atom stereocenters. The standard InChI is InChI=1S/C21H20N2O6/c1-13-16(14-5-3-2-4-6-14)8-7-15-12-23(9-10-29-13)21(28)18(19(15)26)20(27)22-11-17(24)25/h2-8,26H,1,9-12H2,(H,22,27)(H,24,25)/b15-7+,16-8?. The summed E-state index contributed by atoms with van der Waals surface area (Å²) in [5, 5.41) is 21.4. The number of aliphatic hydroxyl groups excluding tert-OH is 1. The summed E-state index contributed by atoms with van der Waals surface area (Å²) in [4.78, 5) is 37.0. The number of hydrogen-bond acceptors (Lipinski definition) is 5. The number of nitrogens with one attached hydrogen (secondary N) is 1. The van der Waals surface area contributed by atoms with Gasteiger partial charge in [0.25, 0.3) is 11.8 Å². The molecule has 0 aromatic heterocycles. The van der Waals surface area contributed by atoms with Crippen molar-refractivity contribution in [1.82, 2.24) is 10.2 Å². The highest BCUT2D eigenvalue weighted by molar-refractivity contribution is 6.20. The lowest BCUT2D eigenvalue weighted by Gasteiger charge is -2.30. The van der Waals surface area contributed by atoms with E-state index in [-0.39, 0.29) is 19.7 Å². The Bertz CT molecular complexity index is 959. The van der Waals surface area contributed by atoms with Gasteiger partial charge < -0.3 is 25.2 Å². The molecule has 0 spiro atoms. The van der Waals surface area contributed by atoms with E-state index in [0.717, 1.165) is 5.56 Å². The van der Waals surface area contributed by atoms with Gasteiger partial charge in [0.15, 0.2) is 0 Å². The molecule has 1 aromatic rings. The zero-order valence-electron chi connectivity index (χ0n) is 15.6. The number of benzene rings is 1. The summed E-state index contributed by atoms with van der Waals surface area (Å²) in [7, 11) is 0. The molecular formula is C21H20N2O6. The summed E-state index contributed by atoms with van der Waals surface area (Å²) in [6.07, 6.45) is 3.30. The molecule has 0 unspecified atom stereocenters. The van der Waals surface area contributed by atoms with Crippen molar-refractivity contribution < 1.29 is 29.3 Å². The molecule has 0 saturated carbocycles. The molecule has 29 heavy (non-hydrogen) atoms. The van der Waals surface area contributed by atoms with Crippen molar-refractivity contribution >= 4 is 23.4 Å². The minimum absolute atomic E-state index is 0.0920. The Morgan fingerprint density at radius 2 is 1.93 bits per heavy atom. The van der Waals surface area contributed by atoms with E-state index in [1.807, 2.05) is 30.3 Å². The molecule has 0 saturated heterocycles. The van der Waals surface area contributed by atoms with Crippen molar-refractivity contribution in [3.8, 4) is 0 Å². The average Bonchev–Trinajstić information content (AvgIpc) is 2.70. The molecule has 2 amide bonds. The quantitative estimate of drug-likeness (QED) is 0.663. The Morgan fingerprint density at radius 1 is 1.21 bits per heavy atom. The maximum atomic E-state index is 12.6. The number of rotatable bonds is 4. The van der Waals surface area contributed by atoms with Crippen LogP contribution in [0.3, 0.4) is 0 Å². The van der Waals surface area contributed by atoms with Crippen LogP contribution in [0.4, 0.5) is 0 Å². The third-order valence-electron chi connectivity index (χ3n) is 4.50. The number of ether oxygens (including phenoxy) is 1.